The third-order valence-electron chi connectivity index (χ3n) is 2.49. The zero-order chi connectivity index (χ0) is 16.8. The normalized spacial score (nSPS) is 11.3. The Bertz CT molecular complexity index is 576. The Labute approximate surface area is 129 Å². The van der Waals surface area contributed by atoms with E-state index in [0.29, 0.717) is 0 Å². The van der Waals surface area contributed by atoms with Crippen LogP contribution in [0.15, 0.2) is 24.3 Å². The fraction of sp³-hybridized carbons (Fsp3) is 0.375. The van der Waals surface area contributed by atoms with Gasteiger partial charge in [0.1, 0.15) is 11.4 Å². The number of halogens is 1. The molecule has 0 aliphatic carbocycles. The molecular weight excluding hydrogens is 289 g/mol. The van der Waals surface area contributed by atoms with Gasteiger partial charge < -0.3 is 14.8 Å². The largest absolute Gasteiger partial charge is 0.465 e. The molecule has 1 N–H and O–H groups in total. The summed E-state index contributed by atoms with van der Waals surface area (Å²) in [5.41, 5.74) is -0.479. The lowest BCUT2D eigenvalue weighted by molar-refractivity contribution is 0.0532. The molecule has 0 atom stereocenters. The highest BCUT2D eigenvalue weighted by Gasteiger charge is 2.15. The van der Waals surface area contributed by atoms with Gasteiger partial charge in [0.2, 0.25) is 0 Å². The topological polar surface area (TPSA) is 64.6 Å². The van der Waals surface area contributed by atoms with Crippen LogP contribution in [0.2, 0.25) is 0 Å². The van der Waals surface area contributed by atoms with Crippen molar-refractivity contribution >= 4 is 18.1 Å². The first-order valence-corrected chi connectivity index (χ1v) is 6.75. The van der Waals surface area contributed by atoms with Crippen molar-refractivity contribution in [2.24, 2.45) is 0 Å². The first kappa shape index (κ1) is 17.7. The van der Waals surface area contributed by atoms with Gasteiger partial charge in [-0.05, 0) is 26.8 Å². The summed E-state index contributed by atoms with van der Waals surface area (Å²) in [5.74, 6) is -1.40. The fourth-order valence-corrected chi connectivity index (χ4v) is 1.59. The molecule has 120 valence electrons. The molecule has 0 saturated carbocycles. The molecule has 0 bridgehead atoms. The lowest BCUT2D eigenvalue weighted by atomic mass is 10.1. The molecule has 0 aliphatic heterocycles. The number of amides is 1. The highest BCUT2D eigenvalue weighted by molar-refractivity contribution is 5.90. The quantitative estimate of drug-likeness (QED) is 0.868. The summed E-state index contributed by atoms with van der Waals surface area (Å²) in [6.45, 7) is 5.46. The van der Waals surface area contributed by atoms with Gasteiger partial charge in [0.15, 0.2) is 0 Å². The molecule has 0 radical (unpaired) electrons. The molecular formula is C16H20FNO4. The zero-order valence-corrected chi connectivity index (χ0v) is 13.1. The predicted molar refractivity (Wildman–Crippen MR) is 81.0 cm³/mol. The van der Waals surface area contributed by atoms with E-state index < -0.39 is 23.5 Å². The van der Waals surface area contributed by atoms with Gasteiger partial charge in [-0.15, -0.1) is 0 Å². The van der Waals surface area contributed by atoms with Crippen LogP contribution < -0.4 is 5.32 Å². The van der Waals surface area contributed by atoms with Gasteiger partial charge >= 0.3 is 12.1 Å². The minimum Gasteiger partial charge on any atom is -0.465 e. The van der Waals surface area contributed by atoms with Gasteiger partial charge in [0.25, 0.3) is 0 Å². The fourth-order valence-electron chi connectivity index (χ4n) is 1.59. The number of benzene rings is 1. The Morgan fingerprint density at radius 3 is 2.59 bits per heavy atom. The summed E-state index contributed by atoms with van der Waals surface area (Å²) < 4.78 is 23.6. The Morgan fingerprint density at radius 1 is 1.32 bits per heavy atom. The third kappa shape index (κ3) is 5.55. The Balaban J connectivity index is 2.64. The van der Waals surface area contributed by atoms with Crippen LogP contribution in [-0.4, -0.2) is 31.3 Å². The van der Waals surface area contributed by atoms with E-state index in [1.54, 1.807) is 32.9 Å². The lowest BCUT2D eigenvalue weighted by Gasteiger charge is -2.19. The Kier molecular flexibility index (Phi) is 6.10. The highest BCUT2D eigenvalue weighted by atomic mass is 19.1. The van der Waals surface area contributed by atoms with E-state index >= 15 is 0 Å². The van der Waals surface area contributed by atoms with Gasteiger partial charge in [-0.3, -0.25) is 0 Å². The van der Waals surface area contributed by atoms with Crippen molar-refractivity contribution in [2.45, 2.75) is 26.4 Å². The standard InChI is InChI=1S/C16H20FNO4/c1-16(2,3)22-15(20)18-10-6-8-11-7-5-9-12(13(11)17)14(19)21-4/h5-9H,10H2,1-4H3,(H,18,20). The third-order valence-corrected chi connectivity index (χ3v) is 2.49. The maximum Gasteiger partial charge on any atom is 0.407 e. The van der Waals surface area contributed by atoms with Crippen LogP contribution in [0.5, 0.6) is 0 Å². The van der Waals surface area contributed by atoms with Gasteiger partial charge in [-0.25, -0.2) is 14.0 Å². The van der Waals surface area contributed by atoms with Crippen LogP contribution >= 0.6 is 0 Å². The molecule has 22 heavy (non-hydrogen) atoms. The molecule has 0 unspecified atom stereocenters. The van der Waals surface area contributed by atoms with E-state index in [0.717, 1.165) is 0 Å². The van der Waals surface area contributed by atoms with E-state index in [1.165, 1.54) is 25.3 Å². The minimum absolute atomic E-state index is 0.134. The van der Waals surface area contributed by atoms with Crippen LogP contribution in [-0.2, 0) is 9.47 Å². The molecule has 1 aromatic carbocycles. The van der Waals surface area contributed by atoms with E-state index in [4.69, 9.17) is 4.74 Å². The van der Waals surface area contributed by atoms with Crippen molar-refractivity contribution in [2.75, 3.05) is 13.7 Å². The number of carbonyl (C=O) groups excluding carboxylic acids is 2. The summed E-state index contributed by atoms with van der Waals surface area (Å²) in [5, 5.41) is 2.52. The second-order valence-electron chi connectivity index (χ2n) is 5.49. The van der Waals surface area contributed by atoms with Crippen LogP contribution in [0.3, 0.4) is 0 Å². The number of hydrogen-bond acceptors (Lipinski definition) is 4. The minimum atomic E-state index is -0.736. The van der Waals surface area contributed by atoms with Gasteiger partial charge in [-0.1, -0.05) is 24.3 Å². The zero-order valence-electron chi connectivity index (χ0n) is 13.1. The van der Waals surface area contributed by atoms with Crippen molar-refractivity contribution in [3.63, 3.8) is 0 Å². The van der Waals surface area contributed by atoms with Crippen molar-refractivity contribution in [3.05, 3.63) is 41.2 Å². The average Bonchev–Trinajstić information content (AvgIpc) is 2.42. The SMILES string of the molecule is COC(=O)c1cccc(C=CCNC(=O)OC(C)(C)C)c1F. The Morgan fingerprint density at radius 2 is 2.00 bits per heavy atom. The summed E-state index contributed by atoms with van der Waals surface area (Å²) in [4.78, 5) is 22.8. The molecule has 0 saturated heterocycles. The molecule has 0 fully saturated rings. The molecule has 0 aromatic heterocycles. The van der Waals surface area contributed by atoms with Crippen molar-refractivity contribution in [3.8, 4) is 0 Å². The number of alkyl carbamates (subject to hydrolysis) is 1. The molecule has 1 aromatic rings. The van der Waals surface area contributed by atoms with Crippen LogP contribution in [0.4, 0.5) is 9.18 Å². The monoisotopic (exact) mass is 309 g/mol. The summed E-state index contributed by atoms with van der Waals surface area (Å²) in [6, 6.07) is 4.42. The summed E-state index contributed by atoms with van der Waals surface area (Å²) in [7, 11) is 1.19. The first-order valence-electron chi connectivity index (χ1n) is 6.75. The average molecular weight is 309 g/mol. The lowest BCUT2D eigenvalue weighted by Crippen LogP contribution is -2.32. The van der Waals surface area contributed by atoms with Crippen molar-refractivity contribution in [1.29, 1.82) is 0 Å². The summed E-state index contributed by atoms with van der Waals surface area (Å²) in [6.07, 6.45) is 2.48. The smallest absolute Gasteiger partial charge is 0.407 e. The second kappa shape index (κ2) is 7.59. The van der Waals surface area contributed by atoms with Gasteiger partial charge in [0, 0.05) is 12.1 Å². The predicted octanol–water partition coefficient (Wildman–Crippen LogP) is 3.15. The van der Waals surface area contributed by atoms with Crippen molar-refractivity contribution < 1.29 is 23.5 Å². The van der Waals surface area contributed by atoms with E-state index in [1.807, 2.05) is 0 Å². The Hall–Kier alpha value is -2.37. The molecule has 0 spiro atoms. The highest BCUT2D eigenvalue weighted by Crippen LogP contribution is 2.15. The molecule has 1 amide bonds. The van der Waals surface area contributed by atoms with Gasteiger partial charge in [0.05, 0.1) is 12.7 Å². The van der Waals surface area contributed by atoms with E-state index in [2.05, 4.69) is 10.1 Å². The number of rotatable bonds is 4. The summed E-state index contributed by atoms with van der Waals surface area (Å²) >= 11 is 0. The number of methoxy groups -OCH3 is 1. The maximum atomic E-state index is 14.1. The molecule has 5 nitrogen and oxygen atoms in total. The number of ether oxygens (including phenoxy) is 2. The number of carbonyl (C=O) groups is 2. The molecule has 6 heteroatoms. The van der Waals surface area contributed by atoms with Gasteiger partial charge in [-0.2, -0.15) is 0 Å². The van der Waals surface area contributed by atoms with E-state index in [9.17, 15) is 14.0 Å². The molecule has 0 aliphatic rings. The van der Waals surface area contributed by atoms with Crippen molar-refractivity contribution in [1.82, 2.24) is 5.32 Å². The second-order valence-corrected chi connectivity index (χ2v) is 5.49. The molecule has 0 heterocycles. The molecule has 1 rings (SSSR count). The maximum absolute atomic E-state index is 14.1. The van der Waals surface area contributed by atoms with Crippen LogP contribution in [0.25, 0.3) is 6.08 Å². The van der Waals surface area contributed by atoms with Crippen LogP contribution in [0, 0.1) is 5.82 Å². The first-order chi connectivity index (χ1) is 10.2. The van der Waals surface area contributed by atoms with Crippen LogP contribution in [0.1, 0.15) is 36.7 Å². The number of nitrogens with one attached hydrogen (secondary N) is 1. The number of esters is 1. The number of hydrogen-bond donors (Lipinski definition) is 1. The van der Waals surface area contributed by atoms with E-state index in [-0.39, 0.29) is 17.7 Å².